The highest BCUT2D eigenvalue weighted by molar-refractivity contribution is 9.09. The maximum Gasteiger partial charge on any atom is 0.416 e. The van der Waals surface area contributed by atoms with Gasteiger partial charge in [0.1, 0.15) is 5.82 Å². The van der Waals surface area contributed by atoms with Gasteiger partial charge in [-0.25, -0.2) is 13.4 Å². The van der Waals surface area contributed by atoms with Gasteiger partial charge in [0.2, 0.25) is 15.9 Å². The van der Waals surface area contributed by atoms with E-state index in [0.717, 1.165) is 42.1 Å². The number of amides is 1. The van der Waals surface area contributed by atoms with Gasteiger partial charge in [-0.2, -0.15) is 17.5 Å². The van der Waals surface area contributed by atoms with Gasteiger partial charge < -0.3 is 10.2 Å². The van der Waals surface area contributed by atoms with Gasteiger partial charge in [0.05, 0.1) is 10.5 Å². The third-order valence-corrected chi connectivity index (χ3v) is 9.13. The summed E-state index contributed by atoms with van der Waals surface area (Å²) in [5.41, 5.74) is -0.182. The molecule has 3 rings (SSSR count). The smallest absolute Gasteiger partial charge is 0.354 e. The SMILES string of the molecule is CC(C)(C)C(CCCBr)C(=O)NCc1ccc(S(=O)(=O)N2CCN(c3cc(C(F)(F)F)ccn3)CC2)cc1. The molecular formula is C26H34BrF3N4O3S. The van der Waals surface area contributed by atoms with Gasteiger partial charge in [-0.15, -0.1) is 0 Å². The average molecular weight is 620 g/mol. The summed E-state index contributed by atoms with van der Waals surface area (Å²) in [5, 5.41) is 3.81. The fourth-order valence-electron chi connectivity index (χ4n) is 4.40. The third kappa shape index (κ3) is 7.69. The summed E-state index contributed by atoms with van der Waals surface area (Å²) < 4.78 is 66.7. The monoisotopic (exact) mass is 618 g/mol. The zero-order valence-corrected chi connectivity index (χ0v) is 24.2. The van der Waals surface area contributed by atoms with Crippen molar-refractivity contribution in [1.29, 1.82) is 0 Å². The standard InChI is InChI=1S/C26H34BrF3N4O3S/c1-25(2,3)22(5-4-11-27)24(35)32-18-19-6-8-21(9-7-19)38(36,37)34-15-13-33(14-16-34)23-17-20(10-12-31-23)26(28,29)30/h6-10,12,17,22H,4-5,11,13-16,18H2,1-3H3,(H,32,35). The Morgan fingerprint density at radius 1 is 1.08 bits per heavy atom. The van der Waals surface area contributed by atoms with Crippen LogP contribution in [-0.4, -0.2) is 55.1 Å². The zero-order chi connectivity index (χ0) is 28.1. The Bertz CT molecular complexity index is 1190. The number of alkyl halides is 4. The number of carbonyl (C=O) groups is 1. The Labute approximate surface area is 231 Å². The Kier molecular flexibility index (Phi) is 9.86. The lowest BCUT2D eigenvalue weighted by Gasteiger charge is -2.34. The number of nitrogens with one attached hydrogen (secondary N) is 1. The second kappa shape index (κ2) is 12.3. The topological polar surface area (TPSA) is 82.6 Å². The Hall–Kier alpha value is -2.18. The molecule has 1 N–H and O–H groups in total. The molecule has 12 heteroatoms. The summed E-state index contributed by atoms with van der Waals surface area (Å²) in [6, 6.07) is 8.29. The molecular weight excluding hydrogens is 585 g/mol. The number of rotatable bonds is 9. The lowest BCUT2D eigenvalue weighted by molar-refractivity contribution is -0.137. The minimum absolute atomic E-state index is 0.0247. The molecule has 2 aromatic rings. The van der Waals surface area contributed by atoms with E-state index >= 15 is 0 Å². The molecule has 0 radical (unpaired) electrons. The van der Waals surface area contributed by atoms with Gasteiger partial charge >= 0.3 is 6.18 Å². The van der Waals surface area contributed by atoms with Crippen LogP contribution in [-0.2, 0) is 27.5 Å². The summed E-state index contributed by atoms with van der Waals surface area (Å²) in [4.78, 5) is 18.6. The number of benzene rings is 1. The molecule has 1 aromatic carbocycles. The Morgan fingerprint density at radius 3 is 2.26 bits per heavy atom. The summed E-state index contributed by atoms with van der Waals surface area (Å²) in [6.45, 7) is 7.12. The number of sulfonamides is 1. The van der Waals surface area contributed by atoms with Crippen molar-refractivity contribution in [3.63, 3.8) is 0 Å². The molecule has 1 aliphatic rings. The number of pyridine rings is 1. The number of nitrogens with zero attached hydrogens (tertiary/aromatic N) is 3. The normalized spacial score (nSPS) is 16.3. The van der Waals surface area contributed by atoms with Crippen LogP contribution in [0.15, 0.2) is 47.5 Å². The fraction of sp³-hybridized carbons (Fsp3) is 0.538. The minimum atomic E-state index is -4.47. The van der Waals surface area contributed by atoms with Gasteiger partial charge in [0, 0.05) is 50.2 Å². The van der Waals surface area contributed by atoms with Crippen LogP contribution >= 0.6 is 15.9 Å². The summed E-state index contributed by atoms with van der Waals surface area (Å²) in [7, 11) is -3.78. The van der Waals surface area contributed by atoms with Crippen LogP contribution in [0.5, 0.6) is 0 Å². The second-order valence-corrected chi connectivity index (χ2v) is 13.1. The van der Waals surface area contributed by atoms with Crippen molar-refractivity contribution < 1.29 is 26.4 Å². The minimum Gasteiger partial charge on any atom is -0.354 e. The number of hydrogen-bond donors (Lipinski definition) is 1. The van der Waals surface area contributed by atoms with Crippen molar-refractivity contribution in [2.24, 2.45) is 11.3 Å². The van der Waals surface area contributed by atoms with E-state index in [4.69, 9.17) is 0 Å². The summed E-state index contributed by atoms with van der Waals surface area (Å²) >= 11 is 3.42. The van der Waals surface area contributed by atoms with E-state index in [1.807, 2.05) is 20.8 Å². The quantitative estimate of drug-likeness (QED) is 0.397. The average Bonchev–Trinajstić information content (AvgIpc) is 2.87. The Balaban J connectivity index is 1.59. The maximum absolute atomic E-state index is 13.2. The number of halogens is 4. The summed E-state index contributed by atoms with van der Waals surface area (Å²) in [6.07, 6.45) is -1.70. The van der Waals surface area contributed by atoms with Crippen LogP contribution in [0.4, 0.5) is 19.0 Å². The molecule has 1 saturated heterocycles. The molecule has 1 unspecified atom stereocenters. The first-order valence-electron chi connectivity index (χ1n) is 12.4. The van der Waals surface area contributed by atoms with Crippen molar-refractivity contribution in [3.8, 4) is 0 Å². The molecule has 38 heavy (non-hydrogen) atoms. The predicted molar refractivity (Wildman–Crippen MR) is 144 cm³/mol. The van der Waals surface area contributed by atoms with Crippen LogP contribution in [0, 0.1) is 11.3 Å². The number of hydrogen-bond acceptors (Lipinski definition) is 5. The van der Waals surface area contributed by atoms with Crippen LogP contribution < -0.4 is 10.2 Å². The predicted octanol–water partition coefficient (Wildman–Crippen LogP) is 5.06. The lowest BCUT2D eigenvalue weighted by atomic mass is 9.77. The molecule has 1 atom stereocenters. The van der Waals surface area contributed by atoms with Gasteiger partial charge in [-0.3, -0.25) is 4.79 Å². The van der Waals surface area contributed by atoms with Crippen LogP contribution in [0.3, 0.4) is 0 Å². The summed E-state index contributed by atoms with van der Waals surface area (Å²) in [5.74, 6) is 0.0111. The maximum atomic E-state index is 13.2. The zero-order valence-electron chi connectivity index (χ0n) is 21.8. The van der Waals surface area contributed by atoms with Crippen molar-refractivity contribution in [2.45, 2.75) is 51.2 Å². The largest absolute Gasteiger partial charge is 0.416 e. The molecule has 0 bridgehead atoms. The van der Waals surface area contributed by atoms with Crippen molar-refractivity contribution in [1.82, 2.24) is 14.6 Å². The van der Waals surface area contributed by atoms with E-state index in [0.29, 0.717) is 6.54 Å². The van der Waals surface area contributed by atoms with E-state index in [1.165, 1.54) is 16.4 Å². The number of anilines is 1. The van der Waals surface area contributed by atoms with Crippen LogP contribution in [0.2, 0.25) is 0 Å². The third-order valence-electron chi connectivity index (χ3n) is 6.65. The number of aromatic nitrogens is 1. The second-order valence-electron chi connectivity index (χ2n) is 10.4. The van der Waals surface area contributed by atoms with Crippen molar-refractivity contribution in [2.75, 3.05) is 36.4 Å². The van der Waals surface area contributed by atoms with E-state index in [-0.39, 0.29) is 54.1 Å². The molecule has 0 aliphatic carbocycles. The number of piperazine rings is 1. The van der Waals surface area contributed by atoms with Gasteiger partial charge in [0.25, 0.3) is 0 Å². The van der Waals surface area contributed by atoms with Crippen molar-refractivity contribution in [3.05, 3.63) is 53.7 Å². The molecule has 1 amide bonds. The Morgan fingerprint density at radius 2 is 1.71 bits per heavy atom. The molecule has 7 nitrogen and oxygen atoms in total. The van der Waals surface area contributed by atoms with E-state index < -0.39 is 21.8 Å². The highest BCUT2D eigenvalue weighted by Gasteiger charge is 2.33. The molecule has 0 saturated carbocycles. The fourth-order valence-corrected chi connectivity index (χ4v) is 6.15. The highest BCUT2D eigenvalue weighted by Crippen LogP contribution is 2.32. The van der Waals surface area contributed by atoms with Gasteiger partial charge in [-0.05, 0) is 48.1 Å². The first-order valence-corrected chi connectivity index (χ1v) is 15.0. The molecule has 0 spiro atoms. The first-order chi connectivity index (χ1) is 17.7. The van der Waals surface area contributed by atoms with Crippen molar-refractivity contribution >= 4 is 37.7 Å². The highest BCUT2D eigenvalue weighted by atomic mass is 79.9. The molecule has 2 heterocycles. The van der Waals surface area contributed by atoms with E-state index in [1.54, 1.807) is 17.0 Å². The molecule has 210 valence electrons. The molecule has 1 aliphatic heterocycles. The van der Waals surface area contributed by atoms with E-state index in [2.05, 4.69) is 26.2 Å². The van der Waals surface area contributed by atoms with Crippen LogP contribution in [0.25, 0.3) is 0 Å². The molecule has 1 fully saturated rings. The van der Waals surface area contributed by atoms with E-state index in [9.17, 15) is 26.4 Å². The molecule has 1 aromatic heterocycles. The first kappa shape index (κ1) is 30.4. The van der Waals surface area contributed by atoms with Gasteiger partial charge in [0.15, 0.2) is 0 Å². The lowest BCUT2D eigenvalue weighted by Crippen LogP contribution is -2.49. The van der Waals surface area contributed by atoms with Gasteiger partial charge in [-0.1, -0.05) is 48.8 Å². The van der Waals surface area contributed by atoms with Crippen LogP contribution in [0.1, 0.15) is 44.7 Å². The number of carbonyl (C=O) groups excluding carboxylic acids is 1.